The first kappa shape index (κ1) is 20.3. The van der Waals surface area contributed by atoms with E-state index in [0.717, 1.165) is 19.6 Å². The Balaban J connectivity index is 1.25. The van der Waals surface area contributed by atoms with Gasteiger partial charge in [-0.2, -0.15) is 0 Å². The lowest BCUT2D eigenvalue weighted by Crippen LogP contribution is -2.47. The Kier molecular flexibility index (Phi) is 6.51. The molecule has 1 N–H and O–H groups in total. The Morgan fingerprint density at radius 3 is 2.80 bits per heavy atom. The third-order valence-corrected chi connectivity index (χ3v) is 5.31. The molecular formula is C23H26N4O3. The highest BCUT2D eigenvalue weighted by atomic mass is 16.5. The van der Waals surface area contributed by atoms with Gasteiger partial charge in [-0.1, -0.05) is 42.5 Å². The molecule has 0 bridgehead atoms. The van der Waals surface area contributed by atoms with Gasteiger partial charge in [0.2, 0.25) is 5.91 Å². The summed E-state index contributed by atoms with van der Waals surface area (Å²) in [4.78, 5) is 31.4. The van der Waals surface area contributed by atoms with Gasteiger partial charge in [0, 0.05) is 39.1 Å². The Bertz CT molecular complexity index is 1050. The minimum absolute atomic E-state index is 0.0310. The number of ether oxygens (including phenoxy) is 1. The first-order valence-electron chi connectivity index (χ1n) is 10.3. The third kappa shape index (κ3) is 5.11. The smallest absolute Gasteiger partial charge is 0.261 e. The van der Waals surface area contributed by atoms with Gasteiger partial charge in [-0.3, -0.25) is 19.1 Å². The van der Waals surface area contributed by atoms with Crippen LogP contribution in [0.4, 0.5) is 0 Å². The second kappa shape index (κ2) is 9.65. The van der Waals surface area contributed by atoms with Crippen LogP contribution in [0.3, 0.4) is 0 Å². The zero-order valence-electron chi connectivity index (χ0n) is 16.9. The van der Waals surface area contributed by atoms with Crippen LogP contribution in [0, 0.1) is 0 Å². The van der Waals surface area contributed by atoms with Crippen molar-refractivity contribution < 1.29 is 9.53 Å². The van der Waals surface area contributed by atoms with Crippen LogP contribution in [0.25, 0.3) is 10.9 Å². The number of rotatable bonds is 7. The zero-order valence-corrected chi connectivity index (χ0v) is 16.9. The van der Waals surface area contributed by atoms with Crippen molar-refractivity contribution in [2.24, 2.45) is 0 Å². The molecule has 4 rings (SSSR count). The maximum atomic E-state index is 12.5. The van der Waals surface area contributed by atoms with E-state index in [4.69, 9.17) is 4.74 Å². The molecule has 156 valence electrons. The monoisotopic (exact) mass is 406 g/mol. The van der Waals surface area contributed by atoms with Gasteiger partial charge in [0.1, 0.15) is 0 Å². The SMILES string of the molecule is O=C(CCn1cnc2ccccc2c1=O)NCC1CN(Cc2ccccc2)CCO1. The van der Waals surface area contributed by atoms with Gasteiger partial charge in [-0.15, -0.1) is 0 Å². The largest absolute Gasteiger partial charge is 0.374 e. The second-order valence-electron chi connectivity index (χ2n) is 7.53. The van der Waals surface area contributed by atoms with Crippen molar-refractivity contribution in [3.8, 4) is 0 Å². The third-order valence-electron chi connectivity index (χ3n) is 5.31. The van der Waals surface area contributed by atoms with Crippen LogP contribution in [0.2, 0.25) is 0 Å². The fourth-order valence-corrected chi connectivity index (χ4v) is 3.69. The van der Waals surface area contributed by atoms with Crippen molar-refractivity contribution in [3.63, 3.8) is 0 Å². The molecule has 1 atom stereocenters. The lowest BCUT2D eigenvalue weighted by molar-refractivity contribution is -0.122. The van der Waals surface area contributed by atoms with Gasteiger partial charge in [-0.05, 0) is 17.7 Å². The minimum Gasteiger partial charge on any atom is -0.374 e. The summed E-state index contributed by atoms with van der Waals surface area (Å²) in [5.74, 6) is -0.0983. The molecule has 0 saturated carbocycles. The maximum Gasteiger partial charge on any atom is 0.261 e. The van der Waals surface area contributed by atoms with Crippen LogP contribution in [-0.4, -0.2) is 52.7 Å². The Morgan fingerprint density at radius 1 is 1.13 bits per heavy atom. The van der Waals surface area contributed by atoms with E-state index in [2.05, 4.69) is 27.3 Å². The highest BCUT2D eigenvalue weighted by molar-refractivity contribution is 5.77. The van der Waals surface area contributed by atoms with E-state index in [1.165, 1.54) is 16.5 Å². The molecule has 3 aromatic rings. The average Bonchev–Trinajstić information content (AvgIpc) is 2.78. The summed E-state index contributed by atoms with van der Waals surface area (Å²) in [6, 6.07) is 17.6. The predicted octanol–water partition coefficient (Wildman–Crippen LogP) is 1.80. The fourth-order valence-electron chi connectivity index (χ4n) is 3.69. The summed E-state index contributed by atoms with van der Waals surface area (Å²) in [7, 11) is 0. The number of morpholine rings is 1. The van der Waals surface area contributed by atoms with Gasteiger partial charge in [0.15, 0.2) is 0 Å². The van der Waals surface area contributed by atoms with Gasteiger partial charge in [0.05, 0.1) is 29.9 Å². The normalized spacial score (nSPS) is 17.1. The number of carbonyl (C=O) groups is 1. The minimum atomic E-state index is -0.124. The van der Waals surface area contributed by atoms with E-state index in [1.807, 2.05) is 30.3 Å². The maximum absolute atomic E-state index is 12.5. The zero-order chi connectivity index (χ0) is 20.8. The Hall–Kier alpha value is -3.03. The molecule has 2 aromatic carbocycles. The lowest BCUT2D eigenvalue weighted by atomic mass is 10.2. The van der Waals surface area contributed by atoms with Crippen molar-refractivity contribution in [3.05, 3.63) is 76.8 Å². The van der Waals surface area contributed by atoms with Crippen LogP contribution < -0.4 is 10.9 Å². The van der Waals surface area contributed by atoms with Gasteiger partial charge in [-0.25, -0.2) is 4.98 Å². The molecule has 7 nitrogen and oxygen atoms in total. The van der Waals surface area contributed by atoms with Crippen molar-refractivity contribution in [1.29, 1.82) is 0 Å². The van der Waals surface area contributed by atoms with E-state index in [9.17, 15) is 9.59 Å². The first-order valence-corrected chi connectivity index (χ1v) is 10.3. The molecular weight excluding hydrogens is 380 g/mol. The van der Waals surface area contributed by atoms with Crippen molar-refractivity contribution >= 4 is 16.8 Å². The van der Waals surface area contributed by atoms with E-state index >= 15 is 0 Å². The topological polar surface area (TPSA) is 76.5 Å². The average molecular weight is 406 g/mol. The number of para-hydroxylation sites is 1. The molecule has 1 aliphatic rings. The van der Waals surface area contributed by atoms with Crippen LogP contribution in [-0.2, 0) is 22.6 Å². The van der Waals surface area contributed by atoms with Gasteiger partial charge >= 0.3 is 0 Å². The molecule has 1 aliphatic heterocycles. The lowest BCUT2D eigenvalue weighted by Gasteiger charge is -2.33. The van der Waals surface area contributed by atoms with E-state index in [0.29, 0.717) is 30.6 Å². The molecule has 2 heterocycles. The van der Waals surface area contributed by atoms with Crippen LogP contribution in [0.5, 0.6) is 0 Å². The molecule has 0 radical (unpaired) electrons. The number of amides is 1. The molecule has 1 amide bonds. The summed E-state index contributed by atoms with van der Waals surface area (Å²) < 4.78 is 7.29. The molecule has 1 fully saturated rings. The quantitative estimate of drug-likeness (QED) is 0.648. The number of hydrogen-bond donors (Lipinski definition) is 1. The highest BCUT2D eigenvalue weighted by Crippen LogP contribution is 2.10. The standard InChI is InChI=1S/C23H26N4O3/c28-22(10-11-27-17-25-21-9-5-4-8-20(21)23(27)29)24-14-19-16-26(12-13-30-19)15-18-6-2-1-3-7-18/h1-9,17,19H,10-16H2,(H,24,28). The molecule has 0 aliphatic carbocycles. The number of fused-ring (bicyclic) bond motifs is 1. The van der Waals surface area contributed by atoms with Gasteiger partial charge < -0.3 is 10.1 Å². The van der Waals surface area contributed by atoms with E-state index < -0.39 is 0 Å². The van der Waals surface area contributed by atoms with E-state index in [1.54, 1.807) is 12.1 Å². The number of aryl methyl sites for hydroxylation is 1. The molecule has 30 heavy (non-hydrogen) atoms. The molecule has 1 saturated heterocycles. The number of hydrogen-bond acceptors (Lipinski definition) is 5. The number of carbonyl (C=O) groups excluding carboxylic acids is 1. The number of nitrogens with one attached hydrogen (secondary N) is 1. The van der Waals surface area contributed by atoms with Crippen LogP contribution in [0.1, 0.15) is 12.0 Å². The van der Waals surface area contributed by atoms with Crippen molar-refractivity contribution in [2.45, 2.75) is 25.6 Å². The predicted molar refractivity (Wildman–Crippen MR) is 115 cm³/mol. The Labute approximate surface area is 175 Å². The van der Waals surface area contributed by atoms with Crippen molar-refractivity contribution in [1.82, 2.24) is 19.8 Å². The van der Waals surface area contributed by atoms with Crippen LogP contribution in [0.15, 0.2) is 65.7 Å². The summed E-state index contributed by atoms with van der Waals surface area (Å²) in [6.45, 7) is 3.97. The summed E-state index contributed by atoms with van der Waals surface area (Å²) >= 11 is 0. The highest BCUT2D eigenvalue weighted by Gasteiger charge is 2.21. The fraction of sp³-hybridized carbons (Fsp3) is 0.348. The number of benzene rings is 2. The van der Waals surface area contributed by atoms with Gasteiger partial charge in [0.25, 0.3) is 5.56 Å². The molecule has 0 spiro atoms. The van der Waals surface area contributed by atoms with Crippen molar-refractivity contribution in [2.75, 3.05) is 26.2 Å². The number of nitrogens with zero attached hydrogens (tertiary/aromatic N) is 3. The summed E-state index contributed by atoms with van der Waals surface area (Å²) in [5.41, 5.74) is 1.81. The molecule has 7 heteroatoms. The first-order chi connectivity index (χ1) is 14.7. The Morgan fingerprint density at radius 2 is 1.93 bits per heavy atom. The molecule has 1 unspecified atom stereocenters. The number of aromatic nitrogens is 2. The van der Waals surface area contributed by atoms with E-state index in [-0.39, 0.29) is 24.0 Å². The second-order valence-corrected chi connectivity index (χ2v) is 7.53. The van der Waals surface area contributed by atoms with Crippen LogP contribution >= 0.6 is 0 Å². The summed E-state index contributed by atoms with van der Waals surface area (Å²) in [5, 5.41) is 3.50. The summed E-state index contributed by atoms with van der Waals surface area (Å²) in [6.07, 6.45) is 1.70. The molecule has 1 aromatic heterocycles.